The smallest absolute Gasteiger partial charge is 0.248 e. The van der Waals surface area contributed by atoms with E-state index in [9.17, 15) is 0 Å². The molecule has 2 heterocycles. The highest BCUT2D eigenvalue weighted by atomic mass is 35.5. The number of rotatable bonds is 3. The summed E-state index contributed by atoms with van der Waals surface area (Å²) < 4.78 is 1.48. The molecule has 0 aliphatic carbocycles. The monoisotopic (exact) mass is 300 g/mol. The van der Waals surface area contributed by atoms with E-state index in [0.29, 0.717) is 16.8 Å². The van der Waals surface area contributed by atoms with E-state index in [2.05, 4.69) is 20.4 Å². The Bertz CT molecular complexity index is 768. The second-order valence-electron chi connectivity index (χ2n) is 4.48. The second kappa shape index (κ2) is 5.41. The number of hydrogen-bond acceptors (Lipinski definition) is 5. The molecule has 0 atom stereocenters. The van der Waals surface area contributed by atoms with E-state index in [1.165, 1.54) is 4.68 Å². The van der Waals surface area contributed by atoms with Gasteiger partial charge in [-0.05, 0) is 42.8 Å². The van der Waals surface area contributed by atoms with Crippen LogP contribution in [0.25, 0.3) is 5.82 Å². The third kappa shape index (κ3) is 2.80. The fraction of sp³-hybridized carbons (Fsp3) is 0.0714. The van der Waals surface area contributed by atoms with Crippen LogP contribution in [0.15, 0.2) is 42.6 Å². The maximum absolute atomic E-state index is 6.00. The van der Waals surface area contributed by atoms with E-state index >= 15 is 0 Å². The lowest BCUT2D eigenvalue weighted by atomic mass is 10.2. The molecule has 0 bridgehead atoms. The van der Waals surface area contributed by atoms with Crippen molar-refractivity contribution in [2.45, 2.75) is 6.92 Å². The third-order valence-electron chi connectivity index (χ3n) is 2.91. The van der Waals surface area contributed by atoms with Crippen LogP contribution in [-0.4, -0.2) is 19.7 Å². The fourth-order valence-electron chi connectivity index (χ4n) is 1.88. The molecular weight excluding hydrogens is 288 g/mol. The van der Waals surface area contributed by atoms with E-state index in [0.717, 1.165) is 11.3 Å². The molecule has 0 amide bonds. The summed E-state index contributed by atoms with van der Waals surface area (Å²) in [5.74, 6) is 1.28. The second-order valence-corrected chi connectivity index (χ2v) is 4.89. The first kappa shape index (κ1) is 13.4. The molecule has 0 spiro atoms. The van der Waals surface area contributed by atoms with Crippen molar-refractivity contribution in [3.05, 3.63) is 53.2 Å². The summed E-state index contributed by atoms with van der Waals surface area (Å²) in [7, 11) is 0. The molecule has 0 aliphatic rings. The highest BCUT2D eigenvalue weighted by Crippen LogP contribution is 2.22. The van der Waals surface area contributed by atoms with Crippen LogP contribution < -0.4 is 11.1 Å². The van der Waals surface area contributed by atoms with Crippen LogP contribution in [0, 0.1) is 6.92 Å². The Kier molecular flexibility index (Phi) is 3.45. The van der Waals surface area contributed by atoms with Crippen molar-refractivity contribution in [1.82, 2.24) is 19.7 Å². The molecule has 3 aromatic rings. The number of benzene rings is 1. The van der Waals surface area contributed by atoms with Crippen LogP contribution in [-0.2, 0) is 0 Å². The quantitative estimate of drug-likeness (QED) is 0.777. The van der Waals surface area contributed by atoms with Gasteiger partial charge < -0.3 is 11.1 Å². The van der Waals surface area contributed by atoms with E-state index in [4.69, 9.17) is 17.3 Å². The molecule has 0 saturated heterocycles. The zero-order valence-corrected chi connectivity index (χ0v) is 12.0. The highest BCUT2D eigenvalue weighted by molar-refractivity contribution is 6.31. The normalized spacial score (nSPS) is 10.6. The topological polar surface area (TPSA) is 81.6 Å². The lowest BCUT2D eigenvalue weighted by Crippen LogP contribution is -2.04. The Balaban J connectivity index is 1.89. The van der Waals surface area contributed by atoms with Crippen LogP contribution in [0.2, 0.25) is 5.02 Å². The Labute approximate surface area is 126 Å². The molecule has 2 aromatic heterocycles. The first-order chi connectivity index (χ1) is 10.1. The summed E-state index contributed by atoms with van der Waals surface area (Å²) in [5.41, 5.74) is 7.68. The van der Waals surface area contributed by atoms with Gasteiger partial charge in [0.1, 0.15) is 0 Å². The molecule has 3 rings (SSSR count). The minimum Gasteiger partial charge on any atom is -0.368 e. The van der Waals surface area contributed by atoms with Crippen LogP contribution >= 0.6 is 11.6 Å². The molecule has 106 valence electrons. The zero-order valence-electron chi connectivity index (χ0n) is 11.3. The maximum atomic E-state index is 6.00. The minimum absolute atomic E-state index is 0.266. The Hall–Kier alpha value is -2.60. The van der Waals surface area contributed by atoms with Crippen LogP contribution in [0.1, 0.15) is 5.56 Å². The van der Waals surface area contributed by atoms with Gasteiger partial charge in [0.2, 0.25) is 11.9 Å². The molecule has 3 N–H and O–H groups in total. The van der Waals surface area contributed by atoms with Gasteiger partial charge in [0.15, 0.2) is 5.82 Å². The minimum atomic E-state index is 0.266. The van der Waals surface area contributed by atoms with Gasteiger partial charge in [-0.25, -0.2) is 4.98 Å². The molecule has 7 heteroatoms. The lowest BCUT2D eigenvalue weighted by Gasteiger charge is -2.04. The van der Waals surface area contributed by atoms with E-state index < -0.39 is 0 Å². The maximum Gasteiger partial charge on any atom is 0.248 e. The molecule has 0 unspecified atom stereocenters. The number of aryl methyl sites for hydroxylation is 1. The number of aromatic nitrogens is 4. The van der Waals surface area contributed by atoms with E-state index in [1.807, 2.05) is 37.3 Å². The Morgan fingerprint density at radius 3 is 2.81 bits per heavy atom. The van der Waals surface area contributed by atoms with Gasteiger partial charge in [-0.3, -0.25) is 0 Å². The van der Waals surface area contributed by atoms with Crippen molar-refractivity contribution in [1.29, 1.82) is 0 Å². The summed E-state index contributed by atoms with van der Waals surface area (Å²) in [4.78, 5) is 8.37. The van der Waals surface area contributed by atoms with Gasteiger partial charge in [0, 0.05) is 16.9 Å². The Morgan fingerprint density at radius 1 is 1.24 bits per heavy atom. The van der Waals surface area contributed by atoms with E-state index in [1.54, 1.807) is 12.3 Å². The van der Waals surface area contributed by atoms with Crippen molar-refractivity contribution in [2.75, 3.05) is 11.1 Å². The number of pyridine rings is 1. The summed E-state index contributed by atoms with van der Waals surface area (Å²) in [6, 6.07) is 11.1. The van der Waals surface area contributed by atoms with Crippen molar-refractivity contribution in [3.63, 3.8) is 0 Å². The van der Waals surface area contributed by atoms with E-state index in [-0.39, 0.29) is 5.95 Å². The number of nitrogens with two attached hydrogens (primary N) is 1. The van der Waals surface area contributed by atoms with Crippen LogP contribution in [0.3, 0.4) is 0 Å². The van der Waals surface area contributed by atoms with Gasteiger partial charge in [-0.1, -0.05) is 17.7 Å². The van der Waals surface area contributed by atoms with Crippen molar-refractivity contribution in [2.24, 2.45) is 0 Å². The van der Waals surface area contributed by atoms with Crippen LogP contribution in [0.4, 0.5) is 17.6 Å². The SMILES string of the molecule is Cc1cc(Nc2nc(N)n(-c3ccccn3)n2)ccc1Cl. The van der Waals surface area contributed by atoms with Gasteiger partial charge >= 0.3 is 0 Å². The number of nitrogens with one attached hydrogen (secondary N) is 1. The van der Waals surface area contributed by atoms with Gasteiger partial charge in [-0.2, -0.15) is 9.67 Å². The molecule has 0 fully saturated rings. The molecule has 1 aromatic carbocycles. The first-order valence-corrected chi connectivity index (χ1v) is 6.68. The number of hydrogen-bond donors (Lipinski definition) is 2. The standard InChI is InChI=1S/C14H13ClN6/c1-9-8-10(5-6-11(9)15)18-14-19-13(16)21(20-14)12-4-2-3-7-17-12/h2-8H,1H3,(H3,16,18,19,20). The van der Waals surface area contributed by atoms with Crippen molar-refractivity contribution >= 4 is 29.2 Å². The fourth-order valence-corrected chi connectivity index (χ4v) is 1.99. The Morgan fingerprint density at radius 2 is 2.10 bits per heavy atom. The molecule has 0 radical (unpaired) electrons. The molecule has 0 aliphatic heterocycles. The van der Waals surface area contributed by atoms with Gasteiger partial charge in [-0.15, -0.1) is 5.10 Å². The summed E-state index contributed by atoms with van der Waals surface area (Å²) in [6.07, 6.45) is 1.67. The zero-order chi connectivity index (χ0) is 14.8. The van der Waals surface area contributed by atoms with Gasteiger partial charge in [0.25, 0.3) is 0 Å². The molecule has 0 saturated carbocycles. The molecular formula is C14H13ClN6. The summed E-state index contributed by atoms with van der Waals surface area (Å²) in [6.45, 7) is 1.93. The summed E-state index contributed by atoms with van der Waals surface area (Å²) >= 11 is 6.00. The predicted octanol–water partition coefficient (Wildman–Crippen LogP) is 2.95. The molecule has 21 heavy (non-hydrogen) atoms. The van der Waals surface area contributed by atoms with Crippen LogP contribution in [0.5, 0.6) is 0 Å². The molecule has 6 nitrogen and oxygen atoms in total. The summed E-state index contributed by atoms with van der Waals surface area (Å²) in [5, 5.41) is 8.11. The largest absolute Gasteiger partial charge is 0.368 e. The first-order valence-electron chi connectivity index (χ1n) is 6.30. The lowest BCUT2D eigenvalue weighted by molar-refractivity contribution is 0.859. The average Bonchev–Trinajstić information content (AvgIpc) is 2.84. The number of halogens is 1. The van der Waals surface area contributed by atoms with Crippen molar-refractivity contribution in [3.8, 4) is 5.82 Å². The number of anilines is 3. The van der Waals surface area contributed by atoms with Gasteiger partial charge in [0.05, 0.1) is 0 Å². The van der Waals surface area contributed by atoms with Crippen molar-refractivity contribution < 1.29 is 0 Å². The number of nitrogens with zero attached hydrogens (tertiary/aromatic N) is 4. The highest BCUT2D eigenvalue weighted by Gasteiger charge is 2.09. The third-order valence-corrected chi connectivity index (χ3v) is 3.34. The number of nitrogen functional groups attached to an aromatic ring is 1. The predicted molar refractivity (Wildman–Crippen MR) is 83.0 cm³/mol. The average molecular weight is 301 g/mol.